The summed E-state index contributed by atoms with van der Waals surface area (Å²) in [6.07, 6.45) is 2.76. The molecule has 0 radical (unpaired) electrons. The molecule has 140 valence electrons. The Morgan fingerprint density at radius 1 is 1.38 bits per heavy atom. The fourth-order valence-electron chi connectivity index (χ4n) is 2.61. The van der Waals surface area contributed by atoms with E-state index in [2.05, 4.69) is 10.1 Å². The van der Waals surface area contributed by atoms with Gasteiger partial charge in [0.25, 0.3) is 0 Å². The highest BCUT2D eigenvalue weighted by Crippen LogP contribution is 2.47. The van der Waals surface area contributed by atoms with Crippen LogP contribution in [0.15, 0.2) is 53.4 Å². The molecule has 1 atom stereocenters. The van der Waals surface area contributed by atoms with Crippen LogP contribution in [-0.4, -0.2) is 35.1 Å². The second-order valence-electron chi connectivity index (χ2n) is 5.88. The third kappa shape index (κ3) is 4.93. The number of carboxylic acids is 1. The van der Waals surface area contributed by atoms with Gasteiger partial charge >= 0.3 is 12.1 Å². The van der Waals surface area contributed by atoms with Crippen LogP contribution in [0.5, 0.6) is 0 Å². The molecule has 8 heteroatoms. The molecule has 1 unspecified atom stereocenters. The molecule has 5 nitrogen and oxygen atoms in total. The van der Waals surface area contributed by atoms with Crippen molar-refractivity contribution in [3.63, 3.8) is 0 Å². The van der Waals surface area contributed by atoms with Crippen molar-refractivity contribution in [1.29, 1.82) is 0 Å². The van der Waals surface area contributed by atoms with Gasteiger partial charge in [0, 0.05) is 12.6 Å². The molecule has 1 N–H and O–H groups in total. The molecule has 0 amide bonds. The lowest BCUT2D eigenvalue weighted by molar-refractivity contribution is -0.176. The minimum absolute atomic E-state index is 0.0429. The van der Waals surface area contributed by atoms with E-state index in [0.29, 0.717) is 18.4 Å². The average Bonchev–Trinajstić information content (AvgIpc) is 2.60. The number of alkyl halides is 3. The first-order valence-corrected chi connectivity index (χ1v) is 8.09. The van der Waals surface area contributed by atoms with E-state index in [1.54, 1.807) is 12.1 Å². The number of rotatable bonds is 8. The number of hydrogen-bond acceptors (Lipinski definition) is 4. The highest BCUT2D eigenvalue weighted by molar-refractivity contribution is 5.79. The molecule has 1 aliphatic carbocycles. The molecular formula is C18H19F3N2O3. The zero-order valence-electron chi connectivity index (χ0n) is 13.9. The van der Waals surface area contributed by atoms with Crippen LogP contribution in [0.4, 0.5) is 13.2 Å². The molecule has 1 aromatic heterocycles. The number of unbranched alkanes of at least 4 members (excludes halogenated alkanes) is 1. The van der Waals surface area contributed by atoms with Crippen molar-refractivity contribution in [2.45, 2.75) is 37.3 Å². The summed E-state index contributed by atoms with van der Waals surface area (Å²) in [6.45, 7) is 0.206. The molecule has 0 aliphatic heterocycles. The summed E-state index contributed by atoms with van der Waals surface area (Å²) in [5, 5.41) is 12.2. The number of nitrogens with zero attached hydrogens (tertiary/aromatic N) is 2. The second-order valence-corrected chi connectivity index (χ2v) is 5.88. The van der Waals surface area contributed by atoms with E-state index in [9.17, 15) is 18.0 Å². The molecule has 0 fully saturated rings. The van der Waals surface area contributed by atoms with E-state index < -0.39 is 17.6 Å². The van der Waals surface area contributed by atoms with Crippen LogP contribution in [0.3, 0.4) is 0 Å². The Labute approximate surface area is 148 Å². The lowest BCUT2D eigenvalue weighted by Gasteiger charge is -2.34. The summed E-state index contributed by atoms with van der Waals surface area (Å²) in [4.78, 5) is 19.3. The SMILES string of the molecule is O=C(O)CCCCON=CC1=CC=CC(c2ccccn2)(C(F)(F)F)C1. The Morgan fingerprint density at radius 3 is 2.85 bits per heavy atom. The van der Waals surface area contributed by atoms with Gasteiger partial charge in [-0.3, -0.25) is 9.78 Å². The molecule has 0 spiro atoms. The molecule has 2 rings (SSSR count). The lowest BCUT2D eigenvalue weighted by atomic mass is 9.75. The largest absolute Gasteiger partial charge is 0.481 e. The summed E-state index contributed by atoms with van der Waals surface area (Å²) < 4.78 is 41.4. The summed E-state index contributed by atoms with van der Waals surface area (Å²) in [6, 6.07) is 4.45. The molecule has 26 heavy (non-hydrogen) atoms. The highest BCUT2D eigenvalue weighted by atomic mass is 19.4. The molecule has 1 aliphatic rings. The molecule has 0 aromatic carbocycles. The van der Waals surface area contributed by atoms with E-state index in [1.807, 2.05) is 0 Å². The first-order chi connectivity index (χ1) is 12.3. The van der Waals surface area contributed by atoms with Crippen molar-refractivity contribution >= 4 is 12.2 Å². The van der Waals surface area contributed by atoms with E-state index in [-0.39, 0.29) is 25.1 Å². The maximum atomic E-state index is 13.8. The molecule has 0 saturated heterocycles. The van der Waals surface area contributed by atoms with Crippen molar-refractivity contribution in [1.82, 2.24) is 4.98 Å². The van der Waals surface area contributed by atoms with Crippen LogP contribution >= 0.6 is 0 Å². The van der Waals surface area contributed by atoms with Crippen molar-refractivity contribution in [3.05, 3.63) is 53.9 Å². The van der Waals surface area contributed by atoms with Crippen LogP contribution in [0.25, 0.3) is 0 Å². The highest BCUT2D eigenvalue weighted by Gasteiger charge is 2.55. The number of oxime groups is 1. The number of carbonyl (C=O) groups is 1. The summed E-state index contributed by atoms with van der Waals surface area (Å²) in [5.74, 6) is -0.884. The lowest BCUT2D eigenvalue weighted by Crippen LogP contribution is -2.42. The molecule has 0 saturated carbocycles. The maximum absolute atomic E-state index is 13.8. The van der Waals surface area contributed by atoms with Gasteiger partial charge in [-0.25, -0.2) is 0 Å². The van der Waals surface area contributed by atoms with E-state index in [1.165, 1.54) is 30.6 Å². The number of allylic oxidation sites excluding steroid dienone is 4. The van der Waals surface area contributed by atoms with Crippen LogP contribution < -0.4 is 0 Å². The Bertz CT molecular complexity index is 699. The zero-order valence-corrected chi connectivity index (χ0v) is 13.9. The number of aliphatic carboxylic acids is 1. The predicted octanol–water partition coefficient (Wildman–Crippen LogP) is 4.03. The number of aromatic nitrogens is 1. The third-order valence-corrected chi connectivity index (χ3v) is 3.97. The van der Waals surface area contributed by atoms with E-state index in [4.69, 9.17) is 9.94 Å². The van der Waals surface area contributed by atoms with Crippen molar-refractivity contribution in [3.8, 4) is 0 Å². The fraction of sp³-hybridized carbons (Fsp3) is 0.389. The van der Waals surface area contributed by atoms with Gasteiger partial charge in [0.2, 0.25) is 0 Å². The number of pyridine rings is 1. The summed E-state index contributed by atoms with van der Waals surface area (Å²) in [7, 11) is 0. The minimum atomic E-state index is -4.51. The first-order valence-electron chi connectivity index (χ1n) is 8.09. The Morgan fingerprint density at radius 2 is 2.19 bits per heavy atom. The van der Waals surface area contributed by atoms with Gasteiger partial charge in [-0.2, -0.15) is 13.2 Å². The topological polar surface area (TPSA) is 71.8 Å². The Kier molecular flexibility index (Phi) is 6.54. The maximum Gasteiger partial charge on any atom is 0.403 e. The zero-order chi connectivity index (χ0) is 19.0. The van der Waals surface area contributed by atoms with Gasteiger partial charge in [-0.15, -0.1) is 0 Å². The molecule has 1 aromatic rings. The number of hydrogen-bond donors (Lipinski definition) is 1. The summed E-state index contributed by atoms with van der Waals surface area (Å²) in [5.41, 5.74) is -1.91. The van der Waals surface area contributed by atoms with Crippen LogP contribution in [0.2, 0.25) is 0 Å². The molecular weight excluding hydrogens is 349 g/mol. The van der Waals surface area contributed by atoms with Crippen molar-refractivity contribution in [2.75, 3.05) is 6.61 Å². The summed E-state index contributed by atoms with van der Waals surface area (Å²) >= 11 is 0. The molecule has 0 bridgehead atoms. The van der Waals surface area contributed by atoms with Gasteiger partial charge in [0.15, 0.2) is 0 Å². The van der Waals surface area contributed by atoms with Gasteiger partial charge in [-0.05, 0) is 37.0 Å². The first kappa shape index (κ1) is 19.7. The molecule has 1 heterocycles. The van der Waals surface area contributed by atoms with Crippen LogP contribution in [-0.2, 0) is 15.0 Å². The monoisotopic (exact) mass is 368 g/mol. The average molecular weight is 368 g/mol. The predicted molar refractivity (Wildman–Crippen MR) is 89.7 cm³/mol. The van der Waals surface area contributed by atoms with Gasteiger partial charge in [0.05, 0.1) is 11.9 Å². The van der Waals surface area contributed by atoms with Crippen molar-refractivity contribution < 1.29 is 27.9 Å². The number of halogens is 3. The van der Waals surface area contributed by atoms with Gasteiger partial charge in [0.1, 0.15) is 12.0 Å². The van der Waals surface area contributed by atoms with Gasteiger partial charge in [-0.1, -0.05) is 29.5 Å². The van der Waals surface area contributed by atoms with E-state index >= 15 is 0 Å². The normalized spacial score (nSPS) is 20.2. The Hall–Kier alpha value is -2.64. The van der Waals surface area contributed by atoms with E-state index in [0.717, 1.165) is 6.08 Å². The van der Waals surface area contributed by atoms with Crippen LogP contribution in [0.1, 0.15) is 31.4 Å². The third-order valence-electron chi connectivity index (χ3n) is 3.97. The second kappa shape index (κ2) is 8.64. The van der Waals surface area contributed by atoms with Crippen LogP contribution in [0, 0.1) is 0 Å². The smallest absolute Gasteiger partial charge is 0.403 e. The Balaban J connectivity index is 2.00. The fourth-order valence-corrected chi connectivity index (χ4v) is 2.61. The van der Waals surface area contributed by atoms with Gasteiger partial charge < -0.3 is 9.94 Å². The minimum Gasteiger partial charge on any atom is -0.481 e. The standard InChI is InChI=1S/C18H19F3N2O3/c19-18(20,21)17(15-7-1-3-10-22-15)9-5-6-14(12-17)13-23-26-11-4-2-8-16(24)25/h1,3,5-7,9-10,13H,2,4,8,11-12H2,(H,24,25). The number of carboxylic acid groups (broad SMARTS) is 1. The quantitative estimate of drug-likeness (QED) is 0.427. The van der Waals surface area contributed by atoms with Crippen molar-refractivity contribution in [2.24, 2.45) is 5.16 Å².